The normalized spacial score (nSPS) is 13.5. The van der Waals surface area contributed by atoms with Crippen LogP contribution < -0.4 is 5.32 Å². The van der Waals surface area contributed by atoms with Crippen LogP contribution in [0.15, 0.2) is 24.3 Å². The zero-order valence-electron chi connectivity index (χ0n) is 12.9. The maximum Gasteiger partial charge on any atom is 0.123 e. The lowest BCUT2D eigenvalue weighted by Crippen LogP contribution is -2.34. The molecule has 0 spiro atoms. The summed E-state index contributed by atoms with van der Waals surface area (Å²) in [7, 11) is 0. The van der Waals surface area contributed by atoms with Crippen LogP contribution in [0.1, 0.15) is 59.1 Å². The monoisotopic (exact) mass is 265 g/mol. The molecule has 19 heavy (non-hydrogen) atoms. The first-order valence-corrected chi connectivity index (χ1v) is 7.40. The highest BCUT2D eigenvalue weighted by atomic mass is 19.1. The fourth-order valence-corrected chi connectivity index (χ4v) is 2.57. The highest BCUT2D eigenvalue weighted by molar-refractivity contribution is 5.19. The van der Waals surface area contributed by atoms with Crippen LogP contribution in [0.2, 0.25) is 0 Å². The second-order valence-electron chi connectivity index (χ2n) is 6.40. The molecule has 0 aromatic heterocycles. The second kappa shape index (κ2) is 7.64. The van der Waals surface area contributed by atoms with E-state index in [-0.39, 0.29) is 11.9 Å². The minimum absolute atomic E-state index is 0.170. The highest BCUT2D eigenvalue weighted by Gasteiger charge is 2.16. The van der Waals surface area contributed by atoms with Crippen molar-refractivity contribution in [3.05, 3.63) is 35.6 Å². The van der Waals surface area contributed by atoms with Gasteiger partial charge in [-0.15, -0.1) is 0 Å². The molecule has 1 unspecified atom stereocenters. The predicted octanol–water partition coefficient (Wildman–Crippen LogP) is 4.94. The lowest BCUT2D eigenvalue weighted by atomic mass is 9.94. The van der Waals surface area contributed by atoms with Gasteiger partial charge in [-0.2, -0.15) is 0 Å². The van der Waals surface area contributed by atoms with Gasteiger partial charge in [0.15, 0.2) is 0 Å². The van der Waals surface area contributed by atoms with E-state index in [1.54, 1.807) is 0 Å². The van der Waals surface area contributed by atoms with Crippen LogP contribution in [0.4, 0.5) is 4.39 Å². The molecule has 0 amide bonds. The van der Waals surface area contributed by atoms with E-state index in [9.17, 15) is 4.39 Å². The molecule has 0 saturated carbocycles. The first-order valence-electron chi connectivity index (χ1n) is 7.40. The molecule has 1 atom stereocenters. The van der Waals surface area contributed by atoms with E-state index < -0.39 is 0 Å². The molecular formula is C17H28FN. The number of halogens is 1. The van der Waals surface area contributed by atoms with E-state index in [0.29, 0.717) is 17.9 Å². The minimum Gasteiger partial charge on any atom is -0.307 e. The van der Waals surface area contributed by atoms with Crippen molar-refractivity contribution in [2.24, 2.45) is 11.8 Å². The van der Waals surface area contributed by atoms with Gasteiger partial charge in [0, 0.05) is 12.1 Å². The van der Waals surface area contributed by atoms with Crippen LogP contribution in [0.5, 0.6) is 0 Å². The van der Waals surface area contributed by atoms with E-state index >= 15 is 0 Å². The maximum absolute atomic E-state index is 12.9. The standard InChI is InChI=1S/C17H28FN/c1-12(2)10-17(11-13(3)4)19-14(5)15-6-8-16(18)9-7-15/h6-9,12-14,17,19H,10-11H2,1-5H3. The van der Waals surface area contributed by atoms with E-state index in [2.05, 4.69) is 39.9 Å². The Hall–Kier alpha value is -0.890. The van der Waals surface area contributed by atoms with Crippen LogP contribution >= 0.6 is 0 Å². The summed E-state index contributed by atoms with van der Waals surface area (Å²) in [6.07, 6.45) is 2.37. The third-order valence-corrected chi connectivity index (χ3v) is 3.37. The van der Waals surface area contributed by atoms with Crippen molar-refractivity contribution in [2.75, 3.05) is 0 Å². The maximum atomic E-state index is 12.9. The molecule has 1 N–H and O–H groups in total. The summed E-state index contributed by atoms with van der Waals surface area (Å²) in [5.74, 6) is 1.21. The largest absolute Gasteiger partial charge is 0.307 e. The molecule has 0 bridgehead atoms. The van der Waals surface area contributed by atoms with Crippen LogP contribution in [0.3, 0.4) is 0 Å². The molecule has 0 aliphatic rings. The average molecular weight is 265 g/mol. The van der Waals surface area contributed by atoms with E-state index in [4.69, 9.17) is 0 Å². The van der Waals surface area contributed by atoms with Crippen molar-refractivity contribution in [1.29, 1.82) is 0 Å². The molecule has 1 rings (SSSR count). The molecule has 0 radical (unpaired) electrons. The summed E-state index contributed by atoms with van der Waals surface area (Å²) in [5, 5.41) is 3.69. The van der Waals surface area contributed by atoms with Crippen LogP contribution in [-0.2, 0) is 0 Å². The van der Waals surface area contributed by atoms with Gasteiger partial charge in [0.1, 0.15) is 5.82 Å². The minimum atomic E-state index is -0.170. The van der Waals surface area contributed by atoms with Crippen LogP contribution in [-0.4, -0.2) is 6.04 Å². The highest BCUT2D eigenvalue weighted by Crippen LogP contribution is 2.19. The Balaban J connectivity index is 2.63. The molecule has 0 saturated heterocycles. The van der Waals surface area contributed by atoms with E-state index in [1.165, 1.54) is 25.0 Å². The number of rotatable bonds is 7. The summed E-state index contributed by atoms with van der Waals surface area (Å²) in [5.41, 5.74) is 1.15. The van der Waals surface area contributed by atoms with Gasteiger partial charge in [0.05, 0.1) is 0 Å². The van der Waals surface area contributed by atoms with Crippen molar-refractivity contribution in [1.82, 2.24) is 5.32 Å². The van der Waals surface area contributed by atoms with Gasteiger partial charge in [0.2, 0.25) is 0 Å². The molecular weight excluding hydrogens is 237 g/mol. The van der Waals surface area contributed by atoms with Gasteiger partial charge >= 0.3 is 0 Å². The van der Waals surface area contributed by atoms with Crippen LogP contribution in [0, 0.1) is 17.7 Å². The first kappa shape index (κ1) is 16.2. The van der Waals surface area contributed by atoms with Crippen molar-refractivity contribution in [2.45, 2.75) is 59.5 Å². The van der Waals surface area contributed by atoms with E-state index in [1.807, 2.05) is 12.1 Å². The Labute approximate surface area is 117 Å². The zero-order valence-corrected chi connectivity index (χ0v) is 12.9. The Kier molecular flexibility index (Phi) is 6.50. The summed E-state index contributed by atoms with van der Waals surface area (Å²) in [6, 6.07) is 7.60. The zero-order chi connectivity index (χ0) is 14.4. The Morgan fingerprint density at radius 1 is 0.895 bits per heavy atom. The van der Waals surface area contributed by atoms with Gasteiger partial charge in [-0.3, -0.25) is 0 Å². The Bertz CT molecular complexity index is 346. The number of hydrogen-bond donors (Lipinski definition) is 1. The second-order valence-corrected chi connectivity index (χ2v) is 6.40. The van der Waals surface area contributed by atoms with Gasteiger partial charge in [-0.1, -0.05) is 39.8 Å². The molecule has 1 nitrogen and oxygen atoms in total. The van der Waals surface area contributed by atoms with Crippen molar-refractivity contribution >= 4 is 0 Å². The van der Waals surface area contributed by atoms with Crippen molar-refractivity contribution in [3.63, 3.8) is 0 Å². The Morgan fingerprint density at radius 3 is 1.79 bits per heavy atom. The van der Waals surface area contributed by atoms with Gasteiger partial charge in [-0.25, -0.2) is 4.39 Å². The summed E-state index contributed by atoms with van der Waals surface area (Å²) in [4.78, 5) is 0. The Morgan fingerprint density at radius 2 is 1.37 bits per heavy atom. The lowest BCUT2D eigenvalue weighted by Gasteiger charge is -2.26. The number of benzene rings is 1. The fraction of sp³-hybridized carbons (Fsp3) is 0.647. The lowest BCUT2D eigenvalue weighted by molar-refractivity contribution is 0.335. The molecule has 0 aliphatic carbocycles. The third-order valence-electron chi connectivity index (χ3n) is 3.37. The fourth-order valence-electron chi connectivity index (χ4n) is 2.57. The van der Waals surface area contributed by atoms with Crippen molar-refractivity contribution in [3.8, 4) is 0 Å². The van der Waals surface area contributed by atoms with E-state index in [0.717, 1.165) is 5.56 Å². The average Bonchev–Trinajstić information content (AvgIpc) is 2.27. The topological polar surface area (TPSA) is 12.0 Å². The van der Waals surface area contributed by atoms with Gasteiger partial charge in [0.25, 0.3) is 0 Å². The van der Waals surface area contributed by atoms with Gasteiger partial charge < -0.3 is 5.32 Å². The van der Waals surface area contributed by atoms with Crippen molar-refractivity contribution < 1.29 is 4.39 Å². The summed E-state index contributed by atoms with van der Waals surface area (Å²) < 4.78 is 12.9. The molecule has 108 valence electrons. The molecule has 0 heterocycles. The van der Waals surface area contributed by atoms with Gasteiger partial charge in [-0.05, 0) is 49.3 Å². The summed E-state index contributed by atoms with van der Waals surface area (Å²) in [6.45, 7) is 11.2. The quantitative estimate of drug-likeness (QED) is 0.736. The molecule has 1 aromatic carbocycles. The molecule has 1 aromatic rings. The third kappa shape index (κ3) is 6.20. The van der Waals surface area contributed by atoms with Crippen LogP contribution in [0.25, 0.3) is 0 Å². The molecule has 0 fully saturated rings. The smallest absolute Gasteiger partial charge is 0.123 e. The number of hydrogen-bond acceptors (Lipinski definition) is 1. The molecule has 0 aliphatic heterocycles. The predicted molar refractivity (Wildman–Crippen MR) is 80.6 cm³/mol. The number of nitrogens with one attached hydrogen (secondary N) is 1. The SMILES string of the molecule is CC(C)CC(CC(C)C)NC(C)c1ccc(F)cc1. The molecule has 2 heteroatoms. The summed E-state index contributed by atoms with van der Waals surface area (Å²) >= 11 is 0. The first-order chi connectivity index (χ1) is 8.88.